The highest BCUT2D eigenvalue weighted by atomic mass is 16.5. The van der Waals surface area contributed by atoms with Crippen LogP contribution >= 0.6 is 0 Å². The van der Waals surface area contributed by atoms with E-state index in [2.05, 4.69) is 4.98 Å². The molecule has 0 radical (unpaired) electrons. The van der Waals surface area contributed by atoms with Gasteiger partial charge in [-0.3, -0.25) is 18.9 Å². The number of rotatable bonds is 4. The minimum Gasteiger partial charge on any atom is -0.474 e. The lowest BCUT2D eigenvalue weighted by molar-refractivity contribution is -0.156. The molecule has 3 heterocycles. The smallest absolute Gasteiger partial charge is 0.394 e. The molecular weight excluding hydrogens is 436 g/mol. The Balaban J connectivity index is 1.51. The van der Waals surface area contributed by atoms with Crippen molar-refractivity contribution in [2.75, 3.05) is 13.1 Å². The number of carbonyl (C=O) groups is 2. The third kappa shape index (κ3) is 3.92. The Labute approximate surface area is 194 Å². The molecule has 0 saturated carbocycles. The Hall–Kier alpha value is -4.40. The molecule has 9 heteroatoms. The van der Waals surface area contributed by atoms with Crippen LogP contribution < -0.4 is 10.4 Å². The fourth-order valence-electron chi connectivity index (χ4n) is 4.44. The van der Waals surface area contributed by atoms with Gasteiger partial charge in [0.05, 0.1) is 29.0 Å². The Morgan fingerprint density at radius 3 is 2.44 bits per heavy atom. The predicted molar refractivity (Wildman–Crippen MR) is 124 cm³/mol. The summed E-state index contributed by atoms with van der Waals surface area (Å²) in [5, 5.41) is 9.10. The van der Waals surface area contributed by atoms with Crippen LogP contribution in [0.4, 0.5) is 0 Å². The Morgan fingerprint density at radius 2 is 1.71 bits per heavy atom. The molecule has 1 amide bonds. The van der Waals surface area contributed by atoms with Crippen molar-refractivity contribution in [2.45, 2.75) is 18.9 Å². The van der Waals surface area contributed by atoms with Gasteiger partial charge in [0.15, 0.2) is 0 Å². The van der Waals surface area contributed by atoms with Crippen LogP contribution in [-0.2, 0) is 9.59 Å². The van der Waals surface area contributed by atoms with E-state index in [1.165, 1.54) is 4.90 Å². The minimum atomic E-state index is -1.49. The normalized spacial score (nSPS) is 15.9. The van der Waals surface area contributed by atoms with Gasteiger partial charge in [0.1, 0.15) is 11.5 Å². The predicted octanol–water partition coefficient (Wildman–Crippen LogP) is 3.23. The zero-order valence-corrected chi connectivity index (χ0v) is 18.2. The average molecular weight is 458 g/mol. The number of imidazole rings is 1. The summed E-state index contributed by atoms with van der Waals surface area (Å²) in [6.45, 7) is 0.524. The first-order chi connectivity index (χ1) is 16.5. The first-order valence-corrected chi connectivity index (χ1v) is 11.0. The van der Waals surface area contributed by atoms with Gasteiger partial charge in [0.25, 0.3) is 0 Å². The summed E-state index contributed by atoms with van der Waals surface area (Å²) in [4.78, 5) is 42.3. The molecule has 34 heavy (non-hydrogen) atoms. The number of nitrogens with zero attached hydrogens (tertiary/aromatic N) is 4. The van der Waals surface area contributed by atoms with Crippen molar-refractivity contribution in [1.82, 2.24) is 19.0 Å². The molecule has 0 spiro atoms. The highest BCUT2D eigenvalue weighted by Gasteiger charge is 2.31. The maximum Gasteiger partial charge on any atom is 0.394 e. The topological polar surface area (TPSA) is 107 Å². The van der Waals surface area contributed by atoms with E-state index in [0.29, 0.717) is 47.6 Å². The van der Waals surface area contributed by atoms with Crippen LogP contribution in [0.5, 0.6) is 11.5 Å². The molecule has 1 fully saturated rings. The number of para-hydroxylation sites is 1. The zero-order valence-electron chi connectivity index (χ0n) is 18.2. The van der Waals surface area contributed by atoms with Crippen molar-refractivity contribution in [1.29, 1.82) is 0 Å². The molecule has 1 aliphatic heterocycles. The van der Waals surface area contributed by atoms with E-state index in [1.54, 1.807) is 51.9 Å². The second-order valence-electron chi connectivity index (χ2n) is 8.11. The number of carboxylic acid groups (broad SMARTS) is 1. The SMILES string of the molecule is O=C(O)C(=O)N1CCCC(n2c(=O)n(-c3ccc(Oc4ccccc4)cc3)c3cnccc32)C1. The molecule has 2 aromatic heterocycles. The molecule has 5 rings (SSSR count). The lowest BCUT2D eigenvalue weighted by Crippen LogP contribution is -2.45. The molecule has 0 aliphatic carbocycles. The summed E-state index contributed by atoms with van der Waals surface area (Å²) in [7, 11) is 0. The van der Waals surface area contributed by atoms with Crippen molar-refractivity contribution in [2.24, 2.45) is 0 Å². The third-order valence-electron chi connectivity index (χ3n) is 5.98. The fraction of sp³-hybridized carbons (Fsp3) is 0.200. The molecule has 1 aliphatic rings. The molecule has 172 valence electrons. The van der Waals surface area contributed by atoms with E-state index in [-0.39, 0.29) is 18.3 Å². The molecular formula is C25H22N4O5. The van der Waals surface area contributed by atoms with Crippen LogP contribution in [0.25, 0.3) is 16.7 Å². The Bertz CT molecular complexity index is 1410. The van der Waals surface area contributed by atoms with Crippen molar-refractivity contribution >= 4 is 22.9 Å². The molecule has 0 bridgehead atoms. The molecule has 4 aromatic rings. The standard InChI is InChI=1S/C25H22N4O5/c30-23(24(31)32)27-14-4-5-18(16-27)29-21-12-13-26-15-22(21)28(25(29)33)17-8-10-20(11-9-17)34-19-6-2-1-3-7-19/h1-3,6-13,15,18H,4-5,14,16H2,(H,31,32). The monoisotopic (exact) mass is 458 g/mol. The lowest BCUT2D eigenvalue weighted by atomic mass is 10.1. The van der Waals surface area contributed by atoms with Gasteiger partial charge < -0.3 is 14.7 Å². The van der Waals surface area contributed by atoms with Crippen LogP contribution in [0.2, 0.25) is 0 Å². The van der Waals surface area contributed by atoms with Crippen molar-refractivity contribution in [3.63, 3.8) is 0 Å². The number of carbonyl (C=O) groups excluding carboxylic acids is 1. The highest BCUT2D eigenvalue weighted by molar-refractivity contribution is 6.31. The van der Waals surface area contributed by atoms with Gasteiger partial charge in [-0.1, -0.05) is 18.2 Å². The highest BCUT2D eigenvalue weighted by Crippen LogP contribution is 2.27. The third-order valence-corrected chi connectivity index (χ3v) is 5.98. The first-order valence-electron chi connectivity index (χ1n) is 11.0. The average Bonchev–Trinajstić information content (AvgIpc) is 3.16. The zero-order chi connectivity index (χ0) is 23.7. The van der Waals surface area contributed by atoms with E-state index in [9.17, 15) is 14.4 Å². The van der Waals surface area contributed by atoms with Crippen molar-refractivity contribution in [3.05, 3.63) is 83.5 Å². The summed E-state index contributed by atoms with van der Waals surface area (Å²) >= 11 is 0. The van der Waals surface area contributed by atoms with E-state index >= 15 is 0 Å². The number of carboxylic acids is 1. The van der Waals surface area contributed by atoms with E-state index in [4.69, 9.17) is 9.84 Å². The number of ether oxygens (including phenoxy) is 1. The summed E-state index contributed by atoms with van der Waals surface area (Å²) in [6.07, 6.45) is 4.51. The number of hydrogen-bond donors (Lipinski definition) is 1. The van der Waals surface area contributed by atoms with E-state index in [0.717, 1.165) is 0 Å². The number of amides is 1. The number of benzene rings is 2. The van der Waals surface area contributed by atoms with E-state index < -0.39 is 11.9 Å². The van der Waals surface area contributed by atoms with Gasteiger partial charge in [0.2, 0.25) is 0 Å². The minimum absolute atomic E-state index is 0.163. The Kier molecular flexibility index (Phi) is 5.59. The van der Waals surface area contributed by atoms with Crippen LogP contribution in [0.1, 0.15) is 18.9 Å². The summed E-state index contributed by atoms with van der Waals surface area (Å²) in [6, 6.07) is 18.0. The summed E-state index contributed by atoms with van der Waals surface area (Å²) in [5.41, 5.74) is 1.69. The van der Waals surface area contributed by atoms with Gasteiger partial charge in [-0.15, -0.1) is 0 Å². The molecule has 1 saturated heterocycles. The lowest BCUT2D eigenvalue weighted by Gasteiger charge is -2.32. The number of fused-ring (bicyclic) bond motifs is 1. The quantitative estimate of drug-likeness (QED) is 0.471. The summed E-state index contributed by atoms with van der Waals surface area (Å²) < 4.78 is 9.07. The van der Waals surface area contributed by atoms with Gasteiger partial charge in [-0.05, 0) is 55.3 Å². The summed E-state index contributed by atoms with van der Waals surface area (Å²) in [5.74, 6) is -1.08. The number of aromatic nitrogens is 3. The van der Waals surface area contributed by atoms with Crippen LogP contribution in [-0.4, -0.2) is 49.1 Å². The van der Waals surface area contributed by atoms with Gasteiger partial charge in [-0.2, -0.15) is 0 Å². The van der Waals surface area contributed by atoms with Crippen LogP contribution in [0.3, 0.4) is 0 Å². The van der Waals surface area contributed by atoms with Crippen LogP contribution in [0, 0.1) is 0 Å². The van der Waals surface area contributed by atoms with Crippen LogP contribution in [0.15, 0.2) is 77.9 Å². The second-order valence-corrected chi connectivity index (χ2v) is 8.11. The number of piperidine rings is 1. The van der Waals surface area contributed by atoms with E-state index in [1.807, 2.05) is 30.3 Å². The molecule has 2 aromatic carbocycles. The van der Waals surface area contributed by atoms with Crippen molar-refractivity contribution < 1.29 is 19.4 Å². The first kappa shape index (κ1) is 21.4. The van der Waals surface area contributed by atoms with Crippen molar-refractivity contribution in [3.8, 4) is 17.2 Å². The maximum atomic E-state index is 13.6. The molecule has 1 unspecified atom stereocenters. The number of likely N-dealkylation sites (tertiary alicyclic amines) is 1. The Morgan fingerprint density at radius 1 is 0.971 bits per heavy atom. The molecule has 9 nitrogen and oxygen atoms in total. The second kappa shape index (κ2) is 8.86. The van der Waals surface area contributed by atoms with Gasteiger partial charge in [-0.25, -0.2) is 9.59 Å². The number of aliphatic carboxylic acids is 1. The largest absolute Gasteiger partial charge is 0.474 e. The maximum absolute atomic E-state index is 13.6. The van der Waals surface area contributed by atoms with Gasteiger partial charge >= 0.3 is 17.6 Å². The van der Waals surface area contributed by atoms with Gasteiger partial charge in [0, 0.05) is 19.3 Å². The number of hydrogen-bond acceptors (Lipinski definition) is 5. The fourth-order valence-corrected chi connectivity index (χ4v) is 4.44. The molecule has 1 N–H and O–H groups in total. The molecule has 1 atom stereocenters. The number of pyridine rings is 1.